The van der Waals surface area contributed by atoms with Gasteiger partial charge in [0.1, 0.15) is 0 Å². The summed E-state index contributed by atoms with van der Waals surface area (Å²) in [6, 6.07) is 0.620. The van der Waals surface area contributed by atoms with Gasteiger partial charge in [-0.15, -0.1) is 0 Å². The van der Waals surface area contributed by atoms with Crippen molar-refractivity contribution < 1.29 is 4.79 Å². The van der Waals surface area contributed by atoms with Gasteiger partial charge in [0.15, 0.2) is 0 Å². The van der Waals surface area contributed by atoms with Crippen LogP contribution in [0.1, 0.15) is 26.2 Å². The van der Waals surface area contributed by atoms with Crippen LogP contribution in [0, 0.1) is 0 Å². The second kappa shape index (κ2) is 5.47. The van der Waals surface area contributed by atoms with E-state index in [4.69, 9.17) is 5.73 Å². The highest BCUT2D eigenvalue weighted by Crippen LogP contribution is 2.28. The quantitative estimate of drug-likeness (QED) is 0.689. The lowest BCUT2D eigenvalue weighted by atomic mass is 10.2. The first-order valence-corrected chi connectivity index (χ1v) is 5.75. The van der Waals surface area contributed by atoms with Crippen molar-refractivity contribution in [1.82, 2.24) is 9.80 Å². The normalized spacial score (nSPS) is 17.9. The molecule has 0 spiro atoms. The lowest BCUT2D eigenvalue weighted by Crippen LogP contribution is -2.46. The van der Waals surface area contributed by atoms with Crippen LogP contribution in [-0.2, 0) is 4.79 Å². The third-order valence-corrected chi connectivity index (χ3v) is 2.93. The van der Waals surface area contributed by atoms with Gasteiger partial charge in [-0.1, -0.05) is 0 Å². The Morgan fingerprint density at radius 1 is 1.47 bits per heavy atom. The van der Waals surface area contributed by atoms with Crippen molar-refractivity contribution in [2.24, 2.45) is 5.73 Å². The zero-order valence-electron chi connectivity index (χ0n) is 10.1. The number of likely N-dealkylation sites (N-methyl/N-ethyl adjacent to an activating group) is 1. The molecule has 0 heterocycles. The van der Waals surface area contributed by atoms with E-state index in [1.165, 1.54) is 12.8 Å². The van der Waals surface area contributed by atoms with Gasteiger partial charge >= 0.3 is 0 Å². The molecular formula is C11H23N3O. The first kappa shape index (κ1) is 12.5. The van der Waals surface area contributed by atoms with E-state index in [9.17, 15) is 4.79 Å². The first-order valence-electron chi connectivity index (χ1n) is 5.75. The van der Waals surface area contributed by atoms with Crippen LogP contribution in [0.2, 0.25) is 0 Å². The van der Waals surface area contributed by atoms with Gasteiger partial charge in [0.05, 0.1) is 6.04 Å². The van der Waals surface area contributed by atoms with E-state index < -0.39 is 0 Å². The predicted molar refractivity (Wildman–Crippen MR) is 61.6 cm³/mol. The maximum Gasteiger partial charge on any atom is 0.239 e. The number of rotatable bonds is 6. The summed E-state index contributed by atoms with van der Waals surface area (Å²) < 4.78 is 0. The molecular weight excluding hydrogens is 190 g/mol. The van der Waals surface area contributed by atoms with Crippen LogP contribution in [0.4, 0.5) is 0 Å². The number of amides is 1. The summed E-state index contributed by atoms with van der Waals surface area (Å²) in [5.74, 6) is 0.193. The molecule has 4 heteroatoms. The summed E-state index contributed by atoms with van der Waals surface area (Å²) >= 11 is 0. The Bertz CT molecular complexity index is 214. The molecule has 1 atom stereocenters. The van der Waals surface area contributed by atoms with Gasteiger partial charge in [-0.2, -0.15) is 0 Å². The third-order valence-electron chi connectivity index (χ3n) is 2.93. The van der Waals surface area contributed by atoms with Gasteiger partial charge in [-0.25, -0.2) is 0 Å². The topological polar surface area (TPSA) is 49.6 Å². The maximum absolute atomic E-state index is 11.8. The summed E-state index contributed by atoms with van der Waals surface area (Å²) in [4.78, 5) is 15.8. The van der Waals surface area contributed by atoms with Crippen LogP contribution < -0.4 is 5.73 Å². The van der Waals surface area contributed by atoms with Crippen molar-refractivity contribution >= 4 is 5.91 Å². The Balaban J connectivity index is 2.50. The lowest BCUT2D eigenvalue weighted by molar-refractivity contribution is -0.134. The number of carbonyl (C=O) groups is 1. The largest absolute Gasteiger partial charge is 0.347 e. The minimum atomic E-state index is -0.000880. The van der Waals surface area contributed by atoms with Crippen LogP contribution in [0.5, 0.6) is 0 Å². The zero-order valence-corrected chi connectivity index (χ0v) is 10.1. The monoisotopic (exact) mass is 213 g/mol. The fourth-order valence-corrected chi connectivity index (χ4v) is 1.89. The zero-order chi connectivity index (χ0) is 11.4. The molecule has 1 aliphatic carbocycles. The molecule has 1 rings (SSSR count). The smallest absolute Gasteiger partial charge is 0.239 e. The number of hydrogen-bond donors (Lipinski definition) is 1. The summed E-state index contributed by atoms with van der Waals surface area (Å²) in [7, 11) is 3.62. The molecule has 15 heavy (non-hydrogen) atoms. The molecule has 0 aromatic heterocycles. The SMILES string of the molecule is CC(C(=O)N(C)C)N(CCCN)C1CC1. The minimum Gasteiger partial charge on any atom is -0.347 e. The highest BCUT2D eigenvalue weighted by molar-refractivity contribution is 5.81. The molecule has 4 nitrogen and oxygen atoms in total. The standard InChI is InChI=1S/C11H23N3O/c1-9(11(15)13(2)3)14(8-4-7-12)10-5-6-10/h9-10H,4-8,12H2,1-3H3. The Labute approximate surface area is 92.4 Å². The van der Waals surface area contributed by atoms with Crippen LogP contribution in [0.25, 0.3) is 0 Å². The Hall–Kier alpha value is -0.610. The highest BCUT2D eigenvalue weighted by atomic mass is 16.2. The maximum atomic E-state index is 11.8. The van der Waals surface area contributed by atoms with E-state index in [0.29, 0.717) is 12.6 Å². The van der Waals surface area contributed by atoms with Gasteiger partial charge in [0, 0.05) is 26.7 Å². The van der Waals surface area contributed by atoms with Crippen LogP contribution in [0.15, 0.2) is 0 Å². The van der Waals surface area contributed by atoms with E-state index in [0.717, 1.165) is 13.0 Å². The van der Waals surface area contributed by atoms with E-state index >= 15 is 0 Å². The van der Waals surface area contributed by atoms with Crippen molar-refractivity contribution in [3.8, 4) is 0 Å². The first-order chi connectivity index (χ1) is 7.07. The van der Waals surface area contributed by atoms with Gasteiger partial charge in [-0.05, 0) is 32.7 Å². The third kappa shape index (κ3) is 3.47. The predicted octanol–water partition coefficient (Wildman–Crippen LogP) is 0.276. The van der Waals surface area contributed by atoms with Crippen molar-refractivity contribution in [2.75, 3.05) is 27.2 Å². The molecule has 1 unspecified atom stereocenters. The molecule has 1 fully saturated rings. The van der Waals surface area contributed by atoms with E-state index in [-0.39, 0.29) is 11.9 Å². The molecule has 0 aromatic carbocycles. The number of carbonyl (C=O) groups excluding carboxylic acids is 1. The summed E-state index contributed by atoms with van der Waals surface area (Å²) in [6.45, 7) is 3.64. The van der Waals surface area contributed by atoms with Crippen molar-refractivity contribution in [2.45, 2.75) is 38.3 Å². The van der Waals surface area contributed by atoms with Crippen LogP contribution in [0.3, 0.4) is 0 Å². The molecule has 0 bridgehead atoms. The fourth-order valence-electron chi connectivity index (χ4n) is 1.89. The molecule has 0 saturated heterocycles. The second-order valence-electron chi connectivity index (χ2n) is 4.52. The van der Waals surface area contributed by atoms with Gasteiger partial charge in [-0.3, -0.25) is 9.69 Å². The fraction of sp³-hybridized carbons (Fsp3) is 0.909. The average Bonchev–Trinajstić information content (AvgIpc) is 3.00. The van der Waals surface area contributed by atoms with E-state index in [2.05, 4.69) is 4.90 Å². The van der Waals surface area contributed by atoms with Crippen molar-refractivity contribution in [3.63, 3.8) is 0 Å². The number of nitrogens with two attached hydrogens (primary N) is 1. The molecule has 1 aliphatic rings. The molecule has 1 amide bonds. The van der Waals surface area contributed by atoms with Gasteiger partial charge in [0.2, 0.25) is 5.91 Å². The lowest BCUT2D eigenvalue weighted by Gasteiger charge is -2.29. The second-order valence-corrected chi connectivity index (χ2v) is 4.52. The average molecular weight is 213 g/mol. The summed E-state index contributed by atoms with van der Waals surface area (Å²) in [6.07, 6.45) is 3.44. The van der Waals surface area contributed by atoms with E-state index in [1.807, 2.05) is 21.0 Å². The Morgan fingerprint density at radius 2 is 2.07 bits per heavy atom. The number of nitrogens with zero attached hydrogens (tertiary/aromatic N) is 2. The molecule has 1 saturated carbocycles. The minimum absolute atomic E-state index is 0.000880. The van der Waals surface area contributed by atoms with Gasteiger partial charge in [0.25, 0.3) is 0 Å². The Morgan fingerprint density at radius 3 is 2.47 bits per heavy atom. The molecule has 0 aromatic rings. The molecule has 2 N–H and O–H groups in total. The van der Waals surface area contributed by atoms with Crippen LogP contribution >= 0.6 is 0 Å². The summed E-state index contributed by atoms with van der Waals surface area (Å²) in [5, 5.41) is 0. The molecule has 0 radical (unpaired) electrons. The van der Waals surface area contributed by atoms with Crippen molar-refractivity contribution in [3.05, 3.63) is 0 Å². The summed E-state index contributed by atoms with van der Waals surface area (Å²) in [5.41, 5.74) is 5.51. The van der Waals surface area contributed by atoms with Crippen LogP contribution in [-0.4, -0.2) is 55.0 Å². The number of hydrogen-bond acceptors (Lipinski definition) is 3. The Kier molecular flexibility index (Phi) is 4.54. The van der Waals surface area contributed by atoms with Crippen molar-refractivity contribution in [1.29, 1.82) is 0 Å². The highest BCUT2D eigenvalue weighted by Gasteiger charge is 2.34. The van der Waals surface area contributed by atoms with E-state index in [1.54, 1.807) is 4.90 Å². The van der Waals surface area contributed by atoms with Gasteiger partial charge < -0.3 is 10.6 Å². The molecule has 88 valence electrons. The molecule has 0 aliphatic heterocycles.